The zero-order valence-corrected chi connectivity index (χ0v) is 15.6. The number of rotatable bonds is 4. The van der Waals surface area contributed by atoms with Crippen LogP contribution in [0.2, 0.25) is 5.28 Å². The fraction of sp³-hybridized carbons (Fsp3) is 0.529. The van der Waals surface area contributed by atoms with Crippen molar-refractivity contribution < 1.29 is 4.74 Å². The van der Waals surface area contributed by atoms with E-state index in [0.29, 0.717) is 12.4 Å². The van der Waals surface area contributed by atoms with E-state index in [9.17, 15) is 0 Å². The monoisotopic (exact) mass is 362 g/mol. The normalized spacial score (nSPS) is 16.1. The summed E-state index contributed by atoms with van der Waals surface area (Å²) in [6, 6.07) is 0. The lowest BCUT2D eigenvalue weighted by molar-refractivity contribution is 0.128. The number of nitrogens with zero attached hydrogens (tertiary/aromatic N) is 6. The summed E-state index contributed by atoms with van der Waals surface area (Å²) in [4.78, 5) is 21.4. The molecule has 0 spiro atoms. The van der Waals surface area contributed by atoms with E-state index in [0.717, 1.165) is 37.7 Å². The third-order valence-electron chi connectivity index (χ3n) is 4.21. The summed E-state index contributed by atoms with van der Waals surface area (Å²) in [6.07, 6.45) is 6.68. The van der Waals surface area contributed by atoms with Gasteiger partial charge >= 0.3 is 0 Å². The van der Waals surface area contributed by atoms with Gasteiger partial charge in [-0.05, 0) is 32.4 Å². The second-order valence-electron chi connectivity index (χ2n) is 7.01. The predicted octanol–water partition coefficient (Wildman–Crippen LogP) is 2.42. The Balaban J connectivity index is 1.53. The first-order valence-corrected chi connectivity index (χ1v) is 8.71. The van der Waals surface area contributed by atoms with Crippen LogP contribution in [-0.4, -0.2) is 56.6 Å². The van der Waals surface area contributed by atoms with E-state index in [-0.39, 0.29) is 10.8 Å². The van der Waals surface area contributed by atoms with Crippen LogP contribution in [0, 0.1) is 0 Å². The van der Waals surface area contributed by atoms with Crippen LogP contribution in [0.1, 0.15) is 26.3 Å². The molecular weight excluding hydrogens is 340 g/mol. The maximum Gasteiger partial charge on any atom is 0.225 e. The highest BCUT2D eigenvalue weighted by atomic mass is 35.5. The smallest absolute Gasteiger partial charge is 0.225 e. The first kappa shape index (κ1) is 17.8. The van der Waals surface area contributed by atoms with Crippen molar-refractivity contribution in [1.29, 1.82) is 0 Å². The molecule has 1 aliphatic rings. The van der Waals surface area contributed by atoms with Gasteiger partial charge in [0.25, 0.3) is 0 Å². The van der Waals surface area contributed by atoms with E-state index in [1.165, 1.54) is 0 Å². The fourth-order valence-corrected chi connectivity index (χ4v) is 2.80. The molecule has 0 atom stereocenters. The van der Waals surface area contributed by atoms with Gasteiger partial charge in [0.05, 0.1) is 12.4 Å². The van der Waals surface area contributed by atoms with Crippen molar-refractivity contribution in [3.8, 4) is 5.75 Å². The summed E-state index contributed by atoms with van der Waals surface area (Å²) in [5.74, 6) is 1.36. The minimum Gasteiger partial charge on any atom is -0.486 e. The molecule has 1 saturated heterocycles. The predicted molar refractivity (Wildman–Crippen MR) is 96.9 cm³/mol. The van der Waals surface area contributed by atoms with Crippen LogP contribution in [-0.2, 0) is 6.61 Å². The molecule has 0 N–H and O–H groups in total. The van der Waals surface area contributed by atoms with Gasteiger partial charge in [-0.15, -0.1) is 0 Å². The summed E-state index contributed by atoms with van der Waals surface area (Å²) >= 11 is 5.66. The van der Waals surface area contributed by atoms with E-state index >= 15 is 0 Å². The van der Waals surface area contributed by atoms with Crippen LogP contribution in [0.15, 0.2) is 24.8 Å². The quantitative estimate of drug-likeness (QED) is 0.773. The Morgan fingerprint density at radius 1 is 0.960 bits per heavy atom. The van der Waals surface area contributed by atoms with Gasteiger partial charge in [-0.1, -0.05) is 0 Å². The molecule has 0 amide bonds. The highest BCUT2D eigenvalue weighted by Gasteiger charge is 2.26. The van der Waals surface area contributed by atoms with Crippen LogP contribution in [0.5, 0.6) is 5.75 Å². The Labute approximate surface area is 153 Å². The molecule has 3 rings (SSSR count). The van der Waals surface area contributed by atoms with Crippen LogP contribution < -0.4 is 9.64 Å². The Bertz CT molecular complexity index is 678. The summed E-state index contributed by atoms with van der Waals surface area (Å²) in [6.45, 7) is 11.0. The number of ether oxygens (including phenoxy) is 1. The van der Waals surface area contributed by atoms with E-state index < -0.39 is 0 Å². The van der Waals surface area contributed by atoms with Crippen molar-refractivity contribution in [1.82, 2.24) is 24.8 Å². The lowest BCUT2D eigenvalue weighted by atomic mass is 10.1. The van der Waals surface area contributed by atoms with Crippen molar-refractivity contribution >= 4 is 17.5 Å². The van der Waals surface area contributed by atoms with Crippen LogP contribution in [0.4, 0.5) is 5.95 Å². The van der Waals surface area contributed by atoms with Gasteiger partial charge in [0.15, 0.2) is 5.75 Å². The topological polar surface area (TPSA) is 67.3 Å². The van der Waals surface area contributed by atoms with Crippen molar-refractivity contribution in [2.24, 2.45) is 0 Å². The molecule has 1 aliphatic heterocycles. The minimum absolute atomic E-state index is 0.204. The molecule has 0 bridgehead atoms. The van der Waals surface area contributed by atoms with Gasteiger partial charge in [-0.2, -0.15) is 0 Å². The zero-order chi connectivity index (χ0) is 17.9. The van der Waals surface area contributed by atoms with E-state index in [2.05, 4.69) is 50.5 Å². The largest absolute Gasteiger partial charge is 0.486 e. The highest BCUT2D eigenvalue weighted by Crippen LogP contribution is 2.19. The second kappa shape index (κ2) is 7.49. The van der Waals surface area contributed by atoms with Gasteiger partial charge in [0.2, 0.25) is 11.2 Å². The standard InChI is InChI=1S/C17H23ClN6O/c1-17(2,3)24-6-4-23(5-7-24)16-21-10-14(11-22-16)25-12-13-8-19-15(18)20-9-13/h8-11H,4-7,12H2,1-3H3. The summed E-state index contributed by atoms with van der Waals surface area (Å²) in [5, 5.41) is 0.225. The molecule has 25 heavy (non-hydrogen) atoms. The Morgan fingerprint density at radius 3 is 2.12 bits per heavy atom. The average molecular weight is 363 g/mol. The Hall–Kier alpha value is -1.99. The number of piperazine rings is 1. The molecular formula is C17H23ClN6O. The summed E-state index contributed by atoms with van der Waals surface area (Å²) in [5.41, 5.74) is 1.04. The Morgan fingerprint density at radius 2 is 1.56 bits per heavy atom. The van der Waals surface area contributed by atoms with Crippen LogP contribution in [0.3, 0.4) is 0 Å². The van der Waals surface area contributed by atoms with Gasteiger partial charge in [0, 0.05) is 49.7 Å². The molecule has 134 valence electrons. The van der Waals surface area contributed by atoms with Crippen molar-refractivity contribution in [3.05, 3.63) is 35.6 Å². The Kier molecular flexibility index (Phi) is 5.34. The van der Waals surface area contributed by atoms with Crippen molar-refractivity contribution in [2.75, 3.05) is 31.1 Å². The van der Waals surface area contributed by atoms with Gasteiger partial charge in [-0.25, -0.2) is 19.9 Å². The molecule has 0 aromatic carbocycles. The number of hydrogen-bond donors (Lipinski definition) is 0. The number of hydrogen-bond acceptors (Lipinski definition) is 7. The number of halogens is 1. The van der Waals surface area contributed by atoms with E-state index in [1.807, 2.05) is 0 Å². The molecule has 2 aromatic heterocycles. The zero-order valence-electron chi connectivity index (χ0n) is 14.8. The van der Waals surface area contributed by atoms with Gasteiger partial charge < -0.3 is 9.64 Å². The second-order valence-corrected chi connectivity index (χ2v) is 7.35. The van der Waals surface area contributed by atoms with Crippen LogP contribution >= 0.6 is 11.6 Å². The third kappa shape index (κ3) is 4.76. The SMILES string of the molecule is CC(C)(C)N1CCN(c2ncc(OCc3cnc(Cl)nc3)cn2)CC1. The summed E-state index contributed by atoms with van der Waals surface area (Å²) in [7, 11) is 0. The molecule has 7 nitrogen and oxygen atoms in total. The summed E-state index contributed by atoms with van der Waals surface area (Å²) < 4.78 is 5.66. The van der Waals surface area contributed by atoms with Gasteiger partial charge in [0.1, 0.15) is 6.61 Å². The number of anilines is 1. The van der Waals surface area contributed by atoms with Crippen LogP contribution in [0.25, 0.3) is 0 Å². The fourth-order valence-electron chi connectivity index (χ4n) is 2.70. The lowest BCUT2D eigenvalue weighted by Gasteiger charge is -2.42. The minimum atomic E-state index is 0.204. The third-order valence-corrected chi connectivity index (χ3v) is 4.40. The first-order valence-electron chi connectivity index (χ1n) is 8.33. The first-order chi connectivity index (χ1) is 11.9. The van der Waals surface area contributed by atoms with Crippen molar-refractivity contribution in [2.45, 2.75) is 32.9 Å². The number of aromatic nitrogens is 4. The average Bonchev–Trinajstić information content (AvgIpc) is 2.61. The molecule has 0 aliphatic carbocycles. The molecule has 2 aromatic rings. The molecule has 0 radical (unpaired) electrons. The van der Waals surface area contributed by atoms with Gasteiger partial charge in [-0.3, -0.25) is 4.90 Å². The van der Waals surface area contributed by atoms with E-state index in [4.69, 9.17) is 16.3 Å². The lowest BCUT2D eigenvalue weighted by Crippen LogP contribution is -2.53. The maximum absolute atomic E-state index is 5.66. The molecule has 3 heterocycles. The molecule has 1 fully saturated rings. The molecule has 8 heteroatoms. The molecule has 0 unspecified atom stereocenters. The van der Waals surface area contributed by atoms with Crippen molar-refractivity contribution in [3.63, 3.8) is 0 Å². The molecule has 0 saturated carbocycles. The maximum atomic E-state index is 5.66. The van der Waals surface area contributed by atoms with E-state index in [1.54, 1.807) is 24.8 Å². The highest BCUT2D eigenvalue weighted by molar-refractivity contribution is 6.28.